The van der Waals surface area contributed by atoms with Crippen LogP contribution in [0.4, 0.5) is 0 Å². The van der Waals surface area contributed by atoms with Crippen molar-refractivity contribution in [1.29, 1.82) is 0 Å². The second-order valence-electron chi connectivity index (χ2n) is 10.0. The molecule has 0 heterocycles. The summed E-state index contributed by atoms with van der Waals surface area (Å²) in [5.41, 5.74) is 1.63. The molecule has 0 fully saturated rings. The summed E-state index contributed by atoms with van der Waals surface area (Å²) in [5, 5.41) is 0. The van der Waals surface area contributed by atoms with Gasteiger partial charge in [-0.2, -0.15) is 0 Å². The minimum Gasteiger partial charge on any atom is -0.367 e. The van der Waals surface area contributed by atoms with E-state index in [-0.39, 0.29) is 11.1 Å². The van der Waals surface area contributed by atoms with Gasteiger partial charge in [0, 0.05) is 17.3 Å². The Bertz CT molecular complexity index is 515. The SMILES string of the molecule is CCCCCCCC(C)(C)N(/C=C/c1ccccc1)C(C)(C)CCCCCCC. The van der Waals surface area contributed by atoms with Crippen LogP contribution in [-0.4, -0.2) is 16.0 Å². The van der Waals surface area contributed by atoms with Gasteiger partial charge in [-0.3, -0.25) is 0 Å². The van der Waals surface area contributed by atoms with Crippen LogP contribution in [0.1, 0.15) is 124 Å². The molecule has 0 bridgehead atoms. The van der Waals surface area contributed by atoms with E-state index in [4.69, 9.17) is 0 Å². The molecule has 29 heavy (non-hydrogen) atoms. The third-order valence-electron chi connectivity index (χ3n) is 6.30. The Hall–Kier alpha value is -1.24. The van der Waals surface area contributed by atoms with E-state index in [1.165, 1.54) is 82.6 Å². The maximum atomic E-state index is 2.67. The molecule has 0 aliphatic carbocycles. The molecule has 0 N–H and O–H groups in total. The van der Waals surface area contributed by atoms with Crippen LogP contribution in [-0.2, 0) is 0 Å². The number of hydrogen-bond donors (Lipinski definition) is 0. The van der Waals surface area contributed by atoms with Gasteiger partial charge in [0.15, 0.2) is 0 Å². The highest BCUT2D eigenvalue weighted by Gasteiger charge is 2.34. The van der Waals surface area contributed by atoms with Crippen molar-refractivity contribution >= 4 is 6.08 Å². The van der Waals surface area contributed by atoms with Crippen molar-refractivity contribution in [3.05, 3.63) is 42.1 Å². The fraction of sp³-hybridized carbons (Fsp3) is 0.714. The Kier molecular flexibility index (Phi) is 12.4. The molecule has 1 rings (SSSR count). The van der Waals surface area contributed by atoms with Crippen LogP contribution in [0.25, 0.3) is 6.08 Å². The highest BCUT2D eigenvalue weighted by atomic mass is 15.2. The molecule has 0 saturated carbocycles. The normalized spacial score (nSPS) is 12.6. The Labute approximate surface area is 183 Å². The van der Waals surface area contributed by atoms with E-state index in [0.717, 1.165) is 0 Å². The van der Waals surface area contributed by atoms with E-state index >= 15 is 0 Å². The minimum atomic E-state index is 0.171. The fourth-order valence-corrected chi connectivity index (χ4v) is 4.51. The molecule has 1 nitrogen and oxygen atoms in total. The molecule has 0 unspecified atom stereocenters. The van der Waals surface area contributed by atoms with Gasteiger partial charge in [-0.1, -0.05) is 108 Å². The number of nitrogens with zero attached hydrogens (tertiary/aromatic N) is 1. The van der Waals surface area contributed by atoms with E-state index in [9.17, 15) is 0 Å². The first-order chi connectivity index (χ1) is 13.8. The van der Waals surface area contributed by atoms with Crippen LogP contribution in [0.3, 0.4) is 0 Å². The standard InChI is InChI=1S/C28H49N/c1-7-9-11-13-18-23-27(3,4)29(25-22-26-20-16-15-17-21-26)28(5,6)24-19-14-12-10-8-2/h15-17,20-22,25H,7-14,18-19,23-24H2,1-6H3/b25-22+. The van der Waals surface area contributed by atoms with Crippen molar-refractivity contribution in [3.63, 3.8) is 0 Å². The molecule has 0 aromatic heterocycles. The summed E-state index contributed by atoms with van der Waals surface area (Å²) in [6.07, 6.45) is 20.7. The van der Waals surface area contributed by atoms with Gasteiger partial charge in [0.05, 0.1) is 0 Å². The molecular weight excluding hydrogens is 350 g/mol. The predicted molar refractivity (Wildman–Crippen MR) is 132 cm³/mol. The van der Waals surface area contributed by atoms with Gasteiger partial charge in [-0.05, 0) is 52.2 Å². The van der Waals surface area contributed by atoms with Crippen LogP contribution < -0.4 is 0 Å². The number of benzene rings is 1. The molecule has 1 aromatic carbocycles. The number of rotatable bonds is 16. The molecule has 166 valence electrons. The van der Waals surface area contributed by atoms with Crippen LogP contribution in [0.15, 0.2) is 36.5 Å². The highest BCUT2D eigenvalue weighted by Crippen LogP contribution is 2.34. The smallest absolute Gasteiger partial charge is 0.0346 e. The lowest BCUT2D eigenvalue weighted by Gasteiger charge is -2.49. The molecule has 0 amide bonds. The monoisotopic (exact) mass is 399 g/mol. The third-order valence-corrected chi connectivity index (χ3v) is 6.30. The molecule has 0 aliphatic heterocycles. The fourth-order valence-electron chi connectivity index (χ4n) is 4.51. The molecule has 1 aromatic rings. The lowest BCUT2D eigenvalue weighted by atomic mass is 9.86. The van der Waals surface area contributed by atoms with Gasteiger partial charge in [-0.25, -0.2) is 0 Å². The maximum absolute atomic E-state index is 2.67. The van der Waals surface area contributed by atoms with E-state index in [0.29, 0.717) is 0 Å². The second kappa shape index (κ2) is 13.9. The van der Waals surface area contributed by atoms with Crippen molar-refractivity contribution in [3.8, 4) is 0 Å². The summed E-state index contributed by atoms with van der Waals surface area (Å²) in [4.78, 5) is 2.67. The molecule has 0 spiro atoms. The summed E-state index contributed by atoms with van der Waals surface area (Å²) in [6, 6.07) is 10.7. The summed E-state index contributed by atoms with van der Waals surface area (Å²) in [5.74, 6) is 0. The predicted octanol–water partition coefficient (Wildman–Crippen LogP) is 9.24. The molecule has 0 radical (unpaired) electrons. The zero-order chi connectivity index (χ0) is 21.6. The average molecular weight is 400 g/mol. The van der Waals surface area contributed by atoms with Crippen LogP contribution in [0, 0.1) is 0 Å². The van der Waals surface area contributed by atoms with E-state index in [2.05, 4.69) is 89.1 Å². The van der Waals surface area contributed by atoms with Gasteiger partial charge in [0.2, 0.25) is 0 Å². The van der Waals surface area contributed by atoms with Gasteiger partial charge in [0.25, 0.3) is 0 Å². The quantitative estimate of drug-likeness (QED) is 0.250. The largest absolute Gasteiger partial charge is 0.367 e. The summed E-state index contributed by atoms with van der Waals surface area (Å²) in [7, 11) is 0. The van der Waals surface area contributed by atoms with Gasteiger partial charge < -0.3 is 4.90 Å². The molecule has 0 atom stereocenters. The first-order valence-corrected chi connectivity index (χ1v) is 12.4. The van der Waals surface area contributed by atoms with E-state index in [1.807, 2.05) is 0 Å². The Morgan fingerprint density at radius 1 is 0.655 bits per heavy atom. The molecular formula is C28H49N. The Morgan fingerprint density at radius 3 is 1.55 bits per heavy atom. The third kappa shape index (κ3) is 10.4. The Balaban J connectivity index is 2.84. The zero-order valence-electron chi connectivity index (χ0n) is 20.5. The van der Waals surface area contributed by atoms with Gasteiger partial charge in [-0.15, -0.1) is 0 Å². The Morgan fingerprint density at radius 2 is 1.10 bits per heavy atom. The number of unbranched alkanes of at least 4 members (excludes halogenated alkanes) is 8. The second-order valence-corrected chi connectivity index (χ2v) is 10.0. The van der Waals surface area contributed by atoms with Crippen molar-refractivity contribution in [1.82, 2.24) is 4.90 Å². The molecule has 0 aliphatic rings. The maximum Gasteiger partial charge on any atom is 0.0346 e. The van der Waals surface area contributed by atoms with Crippen molar-refractivity contribution in [2.75, 3.05) is 0 Å². The lowest BCUT2D eigenvalue weighted by Crippen LogP contribution is -2.52. The summed E-state index contributed by atoms with van der Waals surface area (Å²) >= 11 is 0. The minimum absolute atomic E-state index is 0.171. The average Bonchev–Trinajstić information content (AvgIpc) is 2.68. The summed E-state index contributed by atoms with van der Waals surface area (Å²) < 4.78 is 0. The zero-order valence-corrected chi connectivity index (χ0v) is 20.5. The van der Waals surface area contributed by atoms with Crippen molar-refractivity contribution < 1.29 is 0 Å². The summed E-state index contributed by atoms with van der Waals surface area (Å²) in [6.45, 7) is 14.4. The van der Waals surface area contributed by atoms with Crippen molar-refractivity contribution in [2.24, 2.45) is 0 Å². The first kappa shape index (κ1) is 25.8. The highest BCUT2D eigenvalue weighted by molar-refractivity contribution is 5.48. The van der Waals surface area contributed by atoms with Crippen molar-refractivity contribution in [2.45, 2.75) is 130 Å². The lowest BCUT2D eigenvalue weighted by molar-refractivity contribution is 0.0540. The first-order valence-electron chi connectivity index (χ1n) is 12.4. The van der Waals surface area contributed by atoms with Crippen LogP contribution in [0.2, 0.25) is 0 Å². The molecule has 0 saturated heterocycles. The van der Waals surface area contributed by atoms with Crippen LogP contribution >= 0.6 is 0 Å². The van der Waals surface area contributed by atoms with Gasteiger partial charge >= 0.3 is 0 Å². The van der Waals surface area contributed by atoms with Gasteiger partial charge in [0.1, 0.15) is 0 Å². The molecule has 1 heteroatoms. The van der Waals surface area contributed by atoms with E-state index in [1.54, 1.807) is 0 Å². The number of hydrogen-bond acceptors (Lipinski definition) is 1. The van der Waals surface area contributed by atoms with E-state index < -0.39 is 0 Å². The van der Waals surface area contributed by atoms with Crippen LogP contribution in [0.5, 0.6) is 0 Å². The topological polar surface area (TPSA) is 3.24 Å².